The number of hydrogen-bond donors (Lipinski definition) is 2. The second kappa shape index (κ2) is 8.30. The number of urea groups is 1. The lowest BCUT2D eigenvalue weighted by atomic mass is 10.0. The van der Waals surface area contributed by atoms with Crippen molar-refractivity contribution >= 4 is 24.1 Å². The summed E-state index contributed by atoms with van der Waals surface area (Å²) in [5.74, 6) is -2.89. The number of hydrogen-bond acceptors (Lipinski definition) is 6. The first-order chi connectivity index (χ1) is 10.5. The van der Waals surface area contributed by atoms with Gasteiger partial charge in [0.05, 0.1) is 6.61 Å². The molecule has 0 aliphatic carbocycles. The predicted octanol–water partition coefficient (Wildman–Crippen LogP) is 1.01. The van der Waals surface area contributed by atoms with Gasteiger partial charge in [-0.15, -0.1) is 0 Å². The topological polar surface area (TPSA) is 106 Å². The highest BCUT2D eigenvalue weighted by Crippen LogP contribution is 2.23. The van der Waals surface area contributed by atoms with E-state index in [0.29, 0.717) is 6.42 Å². The number of esters is 1. The normalized spacial score (nSPS) is 24.8. The fourth-order valence-corrected chi connectivity index (χ4v) is 1.74. The van der Waals surface area contributed by atoms with Gasteiger partial charge in [0.1, 0.15) is 0 Å². The van der Waals surface area contributed by atoms with Gasteiger partial charge in [-0.25, -0.2) is 14.0 Å². The molecule has 1 heterocycles. The summed E-state index contributed by atoms with van der Waals surface area (Å²) in [6, 6.07) is -0.978. The molecule has 0 spiro atoms. The summed E-state index contributed by atoms with van der Waals surface area (Å²) < 4.78 is 19.2. The molecule has 1 saturated heterocycles. The molecule has 9 heteroatoms. The van der Waals surface area contributed by atoms with Gasteiger partial charge in [0.2, 0.25) is 0 Å². The van der Waals surface area contributed by atoms with Crippen molar-refractivity contribution < 1.29 is 28.3 Å². The molecule has 3 amide bonds. The van der Waals surface area contributed by atoms with Gasteiger partial charge >= 0.3 is 17.7 Å². The fourth-order valence-electron chi connectivity index (χ4n) is 1.74. The molecule has 1 fully saturated rings. The molecule has 0 aromatic heterocycles. The van der Waals surface area contributed by atoms with Crippen LogP contribution in [0, 0.1) is 0 Å². The van der Waals surface area contributed by atoms with E-state index in [1.165, 1.54) is 13.1 Å². The molecule has 1 rings (SSSR count). The van der Waals surface area contributed by atoms with Gasteiger partial charge in [0, 0.05) is 6.21 Å². The van der Waals surface area contributed by atoms with E-state index in [2.05, 4.69) is 9.89 Å². The zero-order valence-corrected chi connectivity index (χ0v) is 12.6. The molecule has 0 aromatic carbocycles. The summed E-state index contributed by atoms with van der Waals surface area (Å²) in [6.45, 7) is 3.38. The first kappa shape index (κ1) is 17.9. The van der Waals surface area contributed by atoms with Crippen LogP contribution in [0.1, 0.15) is 39.5 Å². The highest BCUT2D eigenvalue weighted by atomic mass is 19.1. The van der Waals surface area contributed by atoms with Crippen LogP contribution in [0.25, 0.3) is 0 Å². The number of halogens is 1. The minimum Gasteiger partial charge on any atom is -0.463 e. The third kappa shape index (κ3) is 4.15. The number of imide groups is 1. The number of nitrogens with zero attached hydrogens (tertiary/aromatic N) is 1. The van der Waals surface area contributed by atoms with Crippen LogP contribution in [0.4, 0.5) is 9.18 Å². The summed E-state index contributed by atoms with van der Waals surface area (Å²) >= 11 is 0. The second-order valence-electron chi connectivity index (χ2n) is 4.63. The quantitative estimate of drug-likeness (QED) is 0.228. The maximum atomic E-state index is 14.7. The number of alkyl halides is 1. The number of oxime groups is 1. The summed E-state index contributed by atoms with van der Waals surface area (Å²) in [4.78, 5) is 39.3. The Morgan fingerprint density at radius 2 is 2.14 bits per heavy atom. The minimum atomic E-state index is -3.19. The fraction of sp³-hybridized carbons (Fsp3) is 0.692. The number of carbonyl (C=O) groups is 3. The highest BCUT2D eigenvalue weighted by molar-refractivity contribution is 6.14. The van der Waals surface area contributed by atoms with Crippen molar-refractivity contribution in [2.24, 2.45) is 5.16 Å². The Kier molecular flexibility index (Phi) is 6.74. The molecule has 124 valence electrons. The lowest BCUT2D eigenvalue weighted by molar-refractivity contribution is -0.179. The molecule has 0 radical (unpaired) electrons. The van der Waals surface area contributed by atoms with E-state index in [0.717, 1.165) is 19.3 Å². The molecule has 0 bridgehead atoms. The molecular formula is C13H20FN3O5. The molecule has 2 atom stereocenters. The zero-order chi connectivity index (χ0) is 16.6. The summed E-state index contributed by atoms with van der Waals surface area (Å²) in [7, 11) is 0. The number of carbonyl (C=O) groups excluding carboxylic acids is 3. The zero-order valence-electron chi connectivity index (χ0n) is 12.6. The molecular weight excluding hydrogens is 297 g/mol. The van der Waals surface area contributed by atoms with Gasteiger partial charge in [0.25, 0.3) is 12.1 Å². The number of unbranched alkanes of at least 4 members (excludes halogenated alkanes) is 3. The number of ether oxygens (including phenoxy) is 1. The van der Waals surface area contributed by atoms with Gasteiger partial charge in [-0.05, 0) is 19.8 Å². The molecule has 0 aromatic rings. The average molecular weight is 317 g/mol. The Balaban J connectivity index is 2.75. The smallest absolute Gasteiger partial charge is 0.360 e. The minimum absolute atomic E-state index is 0.126. The van der Waals surface area contributed by atoms with Crippen molar-refractivity contribution in [1.82, 2.24) is 10.6 Å². The standard InChI is InChI=1S/C13H20FN3O5/c1-3-5-6-7-8-15-22-10-13(14,11(19)21-4-2)9(18)16-12(20)17-10/h8,10H,3-7H2,1-2H3,(H2,16,17,18,20)/b15-8+. The Bertz CT molecular complexity index is 457. The van der Waals surface area contributed by atoms with Gasteiger partial charge in [-0.1, -0.05) is 24.9 Å². The van der Waals surface area contributed by atoms with Crippen molar-refractivity contribution in [3.8, 4) is 0 Å². The number of amides is 3. The van der Waals surface area contributed by atoms with Crippen LogP contribution in [0.5, 0.6) is 0 Å². The third-order valence-corrected chi connectivity index (χ3v) is 2.93. The molecule has 0 saturated carbocycles. The lowest BCUT2D eigenvalue weighted by Crippen LogP contribution is -2.70. The third-order valence-electron chi connectivity index (χ3n) is 2.93. The van der Waals surface area contributed by atoms with Gasteiger partial charge in [0.15, 0.2) is 0 Å². The van der Waals surface area contributed by atoms with Crippen molar-refractivity contribution in [2.75, 3.05) is 6.61 Å². The molecule has 22 heavy (non-hydrogen) atoms. The van der Waals surface area contributed by atoms with Gasteiger partial charge < -0.3 is 9.57 Å². The Morgan fingerprint density at radius 3 is 2.77 bits per heavy atom. The first-order valence-electron chi connectivity index (χ1n) is 7.12. The summed E-state index contributed by atoms with van der Waals surface area (Å²) in [5.41, 5.74) is -3.19. The number of nitrogens with one attached hydrogen (secondary N) is 2. The molecule has 1 aliphatic heterocycles. The van der Waals surface area contributed by atoms with E-state index in [9.17, 15) is 18.8 Å². The monoisotopic (exact) mass is 317 g/mol. The van der Waals surface area contributed by atoms with Crippen LogP contribution >= 0.6 is 0 Å². The van der Waals surface area contributed by atoms with E-state index in [-0.39, 0.29) is 6.61 Å². The van der Waals surface area contributed by atoms with Crippen LogP contribution in [-0.2, 0) is 19.2 Å². The maximum absolute atomic E-state index is 14.7. The second-order valence-corrected chi connectivity index (χ2v) is 4.63. The van der Waals surface area contributed by atoms with Crippen molar-refractivity contribution in [3.63, 3.8) is 0 Å². The summed E-state index contributed by atoms with van der Waals surface area (Å²) in [6.07, 6.45) is 3.02. The van der Waals surface area contributed by atoms with Gasteiger partial charge in [-0.2, -0.15) is 0 Å². The van der Waals surface area contributed by atoms with E-state index in [4.69, 9.17) is 4.84 Å². The van der Waals surface area contributed by atoms with E-state index in [1.807, 2.05) is 12.2 Å². The number of rotatable bonds is 8. The van der Waals surface area contributed by atoms with Crippen LogP contribution in [0.2, 0.25) is 0 Å². The molecule has 8 nitrogen and oxygen atoms in total. The average Bonchev–Trinajstić information content (AvgIpc) is 2.47. The van der Waals surface area contributed by atoms with Crippen molar-refractivity contribution in [2.45, 2.75) is 51.4 Å². The first-order valence-corrected chi connectivity index (χ1v) is 7.12. The van der Waals surface area contributed by atoms with Crippen molar-refractivity contribution in [1.29, 1.82) is 0 Å². The molecule has 2 N–H and O–H groups in total. The SMILES string of the molecule is CCCCC/C=N/OC1NC(=O)NC(=O)C1(F)C(=O)OCC. The van der Waals surface area contributed by atoms with E-state index < -0.39 is 29.8 Å². The lowest BCUT2D eigenvalue weighted by Gasteiger charge is -2.32. The van der Waals surface area contributed by atoms with E-state index in [1.54, 1.807) is 5.32 Å². The van der Waals surface area contributed by atoms with Crippen molar-refractivity contribution in [3.05, 3.63) is 0 Å². The molecule has 1 aliphatic rings. The van der Waals surface area contributed by atoms with Crippen LogP contribution in [-0.4, -0.2) is 42.6 Å². The summed E-state index contributed by atoms with van der Waals surface area (Å²) in [5, 5.41) is 7.16. The Labute approximate surface area is 127 Å². The van der Waals surface area contributed by atoms with Gasteiger partial charge in [-0.3, -0.25) is 15.4 Å². The Hall–Kier alpha value is -2.19. The largest absolute Gasteiger partial charge is 0.463 e. The highest BCUT2D eigenvalue weighted by Gasteiger charge is 2.61. The van der Waals surface area contributed by atoms with E-state index >= 15 is 0 Å². The van der Waals surface area contributed by atoms with Crippen LogP contribution < -0.4 is 10.6 Å². The maximum Gasteiger partial charge on any atom is 0.360 e. The van der Waals surface area contributed by atoms with Crippen LogP contribution in [0.15, 0.2) is 5.16 Å². The predicted molar refractivity (Wildman–Crippen MR) is 74.7 cm³/mol. The molecule has 2 unspecified atom stereocenters. The Morgan fingerprint density at radius 1 is 1.41 bits per heavy atom. The van der Waals surface area contributed by atoms with Crippen LogP contribution in [0.3, 0.4) is 0 Å².